The molecular weight excluding hydrogens is 194 g/mol. The maximum absolute atomic E-state index is 4.15. The molecule has 14 heavy (non-hydrogen) atoms. The largest absolute Gasteiger partial charge is 0.309 e. The molecule has 1 aromatic heterocycles. The lowest BCUT2D eigenvalue weighted by molar-refractivity contribution is 0.513. The fourth-order valence-corrected chi connectivity index (χ4v) is 3.04. The van der Waals surface area contributed by atoms with Crippen LogP contribution in [0.2, 0.25) is 0 Å². The summed E-state index contributed by atoms with van der Waals surface area (Å²) >= 11 is 2.06. The third-order valence-corrected chi connectivity index (χ3v) is 4.03. The van der Waals surface area contributed by atoms with Gasteiger partial charge in [-0.2, -0.15) is 16.9 Å². The molecule has 4 heteroatoms. The highest BCUT2D eigenvalue weighted by Gasteiger charge is 2.22. The minimum Gasteiger partial charge on any atom is -0.309 e. The highest BCUT2D eigenvalue weighted by molar-refractivity contribution is 8.00. The highest BCUT2D eigenvalue weighted by atomic mass is 32.2. The maximum Gasteiger partial charge on any atom is 0.0534 e. The molecule has 78 valence electrons. The molecule has 0 aromatic carbocycles. The third-order valence-electron chi connectivity index (χ3n) is 2.70. The molecule has 2 unspecified atom stereocenters. The van der Waals surface area contributed by atoms with Crippen LogP contribution in [-0.2, 0) is 13.6 Å². The molecule has 1 N–H and O–H groups in total. The second kappa shape index (κ2) is 4.36. The summed E-state index contributed by atoms with van der Waals surface area (Å²) in [4.78, 5) is 0. The van der Waals surface area contributed by atoms with Crippen LogP contribution in [0, 0.1) is 0 Å². The van der Waals surface area contributed by atoms with Gasteiger partial charge in [0.15, 0.2) is 0 Å². The van der Waals surface area contributed by atoms with Gasteiger partial charge in [-0.05, 0) is 12.2 Å². The summed E-state index contributed by atoms with van der Waals surface area (Å²) in [7, 11) is 1.96. The van der Waals surface area contributed by atoms with E-state index in [1.165, 1.54) is 17.7 Å². The van der Waals surface area contributed by atoms with Crippen LogP contribution >= 0.6 is 11.8 Å². The molecule has 1 aliphatic rings. The van der Waals surface area contributed by atoms with Crippen molar-refractivity contribution >= 4 is 11.8 Å². The highest BCUT2D eigenvalue weighted by Crippen LogP contribution is 2.26. The smallest absolute Gasteiger partial charge is 0.0534 e. The second-order valence-corrected chi connectivity index (χ2v) is 5.36. The monoisotopic (exact) mass is 211 g/mol. The lowest BCUT2D eigenvalue weighted by atomic mass is 10.1. The van der Waals surface area contributed by atoms with E-state index in [0.29, 0.717) is 6.04 Å². The van der Waals surface area contributed by atoms with Crippen LogP contribution in [-0.4, -0.2) is 26.8 Å². The number of hydrogen-bond acceptors (Lipinski definition) is 3. The van der Waals surface area contributed by atoms with E-state index < -0.39 is 0 Å². The zero-order chi connectivity index (χ0) is 9.97. The van der Waals surface area contributed by atoms with Crippen LogP contribution < -0.4 is 5.32 Å². The van der Waals surface area contributed by atoms with Gasteiger partial charge in [-0.25, -0.2) is 0 Å². The zero-order valence-corrected chi connectivity index (χ0v) is 9.55. The molecule has 2 atom stereocenters. The normalized spacial score (nSPS) is 27.0. The fourth-order valence-electron chi connectivity index (χ4n) is 1.81. The molecule has 0 radical (unpaired) electrons. The van der Waals surface area contributed by atoms with E-state index in [4.69, 9.17) is 0 Å². The van der Waals surface area contributed by atoms with Crippen LogP contribution in [0.5, 0.6) is 0 Å². The van der Waals surface area contributed by atoms with Gasteiger partial charge < -0.3 is 5.32 Å². The van der Waals surface area contributed by atoms with Gasteiger partial charge in [-0.1, -0.05) is 6.92 Å². The summed E-state index contributed by atoms with van der Waals surface area (Å²) in [5.41, 5.74) is 1.27. The van der Waals surface area contributed by atoms with Crippen LogP contribution in [0.25, 0.3) is 0 Å². The number of rotatable bonds is 3. The SMILES string of the molecule is CC1SCCC1NCc1cnn(C)c1. The van der Waals surface area contributed by atoms with E-state index in [9.17, 15) is 0 Å². The molecule has 0 bridgehead atoms. The molecule has 2 heterocycles. The van der Waals surface area contributed by atoms with Crippen LogP contribution in [0.15, 0.2) is 12.4 Å². The van der Waals surface area contributed by atoms with Crippen molar-refractivity contribution in [3.63, 3.8) is 0 Å². The zero-order valence-electron chi connectivity index (χ0n) is 8.73. The van der Waals surface area contributed by atoms with Crippen LogP contribution in [0.4, 0.5) is 0 Å². The van der Waals surface area contributed by atoms with E-state index in [2.05, 4.69) is 35.3 Å². The summed E-state index contributed by atoms with van der Waals surface area (Å²) < 4.78 is 1.85. The molecule has 1 saturated heterocycles. The van der Waals surface area contributed by atoms with Crippen molar-refractivity contribution in [2.45, 2.75) is 31.2 Å². The van der Waals surface area contributed by atoms with E-state index in [-0.39, 0.29) is 0 Å². The minimum absolute atomic E-state index is 0.681. The average molecular weight is 211 g/mol. The molecule has 0 aliphatic carbocycles. The van der Waals surface area contributed by atoms with E-state index in [1.807, 2.05) is 17.9 Å². The topological polar surface area (TPSA) is 29.9 Å². The predicted molar refractivity (Wildman–Crippen MR) is 60.4 cm³/mol. The lowest BCUT2D eigenvalue weighted by Crippen LogP contribution is -2.32. The minimum atomic E-state index is 0.681. The molecule has 1 aliphatic heterocycles. The third kappa shape index (κ3) is 2.30. The number of aromatic nitrogens is 2. The quantitative estimate of drug-likeness (QED) is 0.819. The number of thioether (sulfide) groups is 1. The Morgan fingerprint density at radius 3 is 3.14 bits per heavy atom. The Hall–Kier alpha value is -0.480. The van der Waals surface area contributed by atoms with Crippen molar-refractivity contribution in [3.05, 3.63) is 18.0 Å². The van der Waals surface area contributed by atoms with Gasteiger partial charge in [0.25, 0.3) is 0 Å². The standard InChI is InChI=1S/C10H17N3S/c1-8-10(3-4-14-8)11-5-9-6-12-13(2)7-9/h6-8,10-11H,3-5H2,1-2H3. The van der Waals surface area contributed by atoms with Gasteiger partial charge in [0, 0.05) is 36.6 Å². The summed E-state index contributed by atoms with van der Waals surface area (Å²) in [6, 6.07) is 0.681. The Morgan fingerprint density at radius 1 is 1.71 bits per heavy atom. The van der Waals surface area contributed by atoms with Crippen LogP contribution in [0.1, 0.15) is 18.9 Å². The van der Waals surface area contributed by atoms with Gasteiger partial charge in [0.05, 0.1) is 6.20 Å². The fraction of sp³-hybridized carbons (Fsp3) is 0.700. The van der Waals surface area contributed by atoms with E-state index in [1.54, 1.807) is 0 Å². The first-order chi connectivity index (χ1) is 6.75. The van der Waals surface area contributed by atoms with E-state index in [0.717, 1.165) is 11.8 Å². The van der Waals surface area contributed by atoms with Gasteiger partial charge in [-0.15, -0.1) is 0 Å². The average Bonchev–Trinajstić information content (AvgIpc) is 2.72. The maximum atomic E-state index is 4.15. The van der Waals surface area contributed by atoms with Crippen molar-refractivity contribution in [2.24, 2.45) is 7.05 Å². The molecule has 0 spiro atoms. The Morgan fingerprint density at radius 2 is 2.57 bits per heavy atom. The summed E-state index contributed by atoms with van der Waals surface area (Å²) in [5, 5.41) is 8.50. The van der Waals surface area contributed by atoms with Crippen molar-refractivity contribution < 1.29 is 0 Å². The van der Waals surface area contributed by atoms with Crippen molar-refractivity contribution in [1.29, 1.82) is 0 Å². The van der Waals surface area contributed by atoms with E-state index >= 15 is 0 Å². The lowest BCUT2D eigenvalue weighted by Gasteiger charge is -2.15. The van der Waals surface area contributed by atoms with Crippen molar-refractivity contribution in [2.75, 3.05) is 5.75 Å². The first-order valence-corrected chi connectivity index (χ1v) is 6.13. The Kier molecular flexibility index (Phi) is 3.13. The number of hydrogen-bond donors (Lipinski definition) is 1. The summed E-state index contributed by atoms with van der Waals surface area (Å²) in [6.45, 7) is 3.25. The molecule has 0 amide bonds. The Labute approximate surface area is 89.3 Å². The Bertz CT molecular complexity index is 297. The van der Waals surface area contributed by atoms with Gasteiger partial charge in [0.2, 0.25) is 0 Å². The Balaban J connectivity index is 1.82. The summed E-state index contributed by atoms with van der Waals surface area (Å²) in [6.07, 6.45) is 5.30. The van der Waals surface area contributed by atoms with Gasteiger partial charge in [-0.3, -0.25) is 4.68 Å². The predicted octanol–water partition coefficient (Wildman–Crippen LogP) is 1.40. The molecule has 1 fully saturated rings. The van der Waals surface area contributed by atoms with Crippen LogP contribution in [0.3, 0.4) is 0 Å². The molecular formula is C10H17N3S. The van der Waals surface area contributed by atoms with Crippen molar-refractivity contribution in [1.82, 2.24) is 15.1 Å². The molecule has 2 rings (SSSR count). The van der Waals surface area contributed by atoms with Gasteiger partial charge in [0.1, 0.15) is 0 Å². The molecule has 3 nitrogen and oxygen atoms in total. The number of nitrogens with zero attached hydrogens (tertiary/aromatic N) is 2. The molecule has 0 saturated carbocycles. The second-order valence-electron chi connectivity index (χ2n) is 3.87. The first kappa shape index (κ1) is 10.1. The van der Waals surface area contributed by atoms with Gasteiger partial charge >= 0.3 is 0 Å². The summed E-state index contributed by atoms with van der Waals surface area (Å²) in [5.74, 6) is 1.30. The number of nitrogens with one attached hydrogen (secondary N) is 1. The first-order valence-electron chi connectivity index (χ1n) is 5.08. The molecule has 1 aromatic rings. The van der Waals surface area contributed by atoms with Crippen molar-refractivity contribution in [3.8, 4) is 0 Å². The number of aryl methyl sites for hydroxylation is 1.